The van der Waals surface area contributed by atoms with Gasteiger partial charge in [0.2, 0.25) is 11.8 Å². The van der Waals surface area contributed by atoms with Gasteiger partial charge in [0.25, 0.3) is 0 Å². The number of carbonyl (C=O) groups is 4. The first-order valence-corrected chi connectivity index (χ1v) is 24.0. The minimum atomic E-state index is -0.854. The van der Waals surface area contributed by atoms with Crippen molar-refractivity contribution >= 4 is 24.0 Å². The smallest absolute Gasteiger partial charge is 0.407 e. The van der Waals surface area contributed by atoms with Crippen LogP contribution in [0.2, 0.25) is 0 Å². The van der Waals surface area contributed by atoms with E-state index in [1.165, 1.54) is 14.2 Å². The number of alkyl carbamates (subject to hydrolysis) is 2. The lowest BCUT2D eigenvalue weighted by Gasteiger charge is -2.39. The van der Waals surface area contributed by atoms with Gasteiger partial charge in [0.15, 0.2) is 0 Å². The Morgan fingerprint density at radius 2 is 0.941 bits per heavy atom. The van der Waals surface area contributed by atoms with Crippen LogP contribution in [0.25, 0.3) is 33.6 Å². The summed E-state index contributed by atoms with van der Waals surface area (Å²) >= 11 is 0. The van der Waals surface area contributed by atoms with Crippen molar-refractivity contribution in [2.45, 2.75) is 140 Å². The van der Waals surface area contributed by atoms with Gasteiger partial charge in [-0.05, 0) is 113 Å². The molecular formula is C50H66N8O10. The van der Waals surface area contributed by atoms with Gasteiger partial charge < -0.3 is 59.6 Å². The molecule has 0 radical (unpaired) electrons. The monoisotopic (exact) mass is 938 g/mol. The maximum absolute atomic E-state index is 14.5. The van der Waals surface area contributed by atoms with Crippen molar-refractivity contribution in [3.05, 3.63) is 72.6 Å². The van der Waals surface area contributed by atoms with Gasteiger partial charge in [-0.3, -0.25) is 9.59 Å². The van der Waals surface area contributed by atoms with Crippen molar-refractivity contribution in [2.24, 2.45) is 11.8 Å². The number of rotatable bonds is 13. The SMILES string of the molecule is COC(=O)N[C@H](C(=O)N1[C@@H](CO)CC[C@H]1c1ncc(-c2ccc(-c3ccc(-c4cnc([C@@H]5CC[C@H](CO)N5C(=O)[C@@H](NC(=O)OC)C5C[C@@H](C)O[C@H](C)C5)[nH]4)cc3)cc2)[nH]1)C1C[C@@H](C)O[C@H](C)C1. The molecule has 2 aromatic carbocycles. The fourth-order valence-electron chi connectivity index (χ4n) is 11.2. The summed E-state index contributed by atoms with van der Waals surface area (Å²) in [5, 5.41) is 26.4. The molecule has 366 valence electrons. The molecule has 68 heavy (non-hydrogen) atoms. The van der Waals surface area contributed by atoms with Crippen molar-refractivity contribution in [1.29, 1.82) is 0 Å². The van der Waals surface area contributed by atoms with E-state index >= 15 is 0 Å². The Morgan fingerprint density at radius 3 is 1.26 bits per heavy atom. The second-order valence-corrected chi connectivity index (χ2v) is 19.1. The maximum atomic E-state index is 14.5. The fraction of sp³-hybridized carbons (Fsp3) is 0.560. The maximum Gasteiger partial charge on any atom is 0.407 e. The molecule has 10 atom stereocenters. The molecule has 6 heterocycles. The minimum Gasteiger partial charge on any atom is -0.453 e. The first kappa shape index (κ1) is 48.6. The van der Waals surface area contributed by atoms with Crippen molar-refractivity contribution in [2.75, 3.05) is 27.4 Å². The zero-order valence-electron chi connectivity index (χ0n) is 39.7. The number of aliphatic hydroxyl groups is 2. The predicted molar refractivity (Wildman–Crippen MR) is 251 cm³/mol. The van der Waals surface area contributed by atoms with E-state index in [0.717, 1.165) is 33.6 Å². The standard InChI is InChI=1S/C50H66N8O10/c1-27-19-35(20-28(2)67-27)43(55-49(63)65-5)47(61)57-37(25-59)15-17-41(57)45-51-23-39(53-45)33-11-7-31(8-12-33)32-9-13-34(14-10-32)40-24-52-46(54-40)42-18-16-38(26-60)58(42)48(62)44(56-50(64)66-6)36-21-29(3)68-30(4)22-36/h7-14,23-24,27-30,35-38,41-44,59-60H,15-22,25-26H2,1-6H3,(H,51,53)(H,52,54)(H,55,63)(H,56,64)/t27-,28-,29-,30-,37-,38-,41+,42+,43+,44+/m1/s1. The van der Waals surface area contributed by atoms with Gasteiger partial charge in [-0.2, -0.15) is 0 Å². The molecule has 0 unspecified atom stereocenters. The summed E-state index contributed by atoms with van der Waals surface area (Å²) in [6, 6.07) is 12.8. The van der Waals surface area contributed by atoms with Gasteiger partial charge in [0, 0.05) is 0 Å². The van der Waals surface area contributed by atoms with Crippen molar-refractivity contribution in [3.63, 3.8) is 0 Å². The molecule has 4 amide bonds. The van der Waals surface area contributed by atoms with E-state index < -0.39 is 48.4 Å². The van der Waals surface area contributed by atoms with Crippen LogP contribution in [0.1, 0.15) is 103 Å². The van der Waals surface area contributed by atoms with Crippen molar-refractivity contribution < 1.29 is 48.3 Å². The number of hydrogen-bond donors (Lipinski definition) is 6. The molecule has 4 aromatic rings. The van der Waals surface area contributed by atoms with Crippen LogP contribution in [0.4, 0.5) is 9.59 Å². The largest absolute Gasteiger partial charge is 0.453 e. The van der Waals surface area contributed by atoms with Crippen LogP contribution in [0, 0.1) is 11.8 Å². The zero-order chi connectivity index (χ0) is 48.2. The molecule has 18 nitrogen and oxygen atoms in total. The lowest BCUT2D eigenvalue weighted by molar-refractivity contribution is -0.142. The van der Waals surface area contributed by atoms with Crippen molar-refractivity contribution in [3.8, 4) is 33.6 Å². The van der Waals surface area contributed by atoms with Crippen molar-refractivity contribution in [1.82, 2.24) is 40.4 Å². The Labute approximate surface area is 396 Å². The van der Waals surface area contributed by atoms with Gasteiger partial charge in [-0.1, -0.05) is 48.5 Å². The number of H-pyrrole nitrogens is 2. The molecule has 8 rings (SSSR count). The summed E-state index contributed by atoms with van der Waals surface area (Å²) in [6.07, 6.45) is 6.57. The highest BCUT2D eigenvalue weighted by Gasteiger charge is 2.47. The number of aromatic amines is 2. The molecule has 0 spiro atoms. The Kier molecular flexibility index (Phi) is 15.2. The number of methoxy groups -OCH3 is 2. The van der Waals surface area contributed by atoms with E-state index in [0.29, 0.717) is 63.0 Å². The Balaban J connectivity index is 0.950. The summed E-state index contributed by atoms with van der Waals surface area (Å²) in [5.41, 5.74) is 5.39. The summed E-state index contributed by atoms with van der Waals surface area (Å²) in [6.45, 7) is 7.44. The number of hydrogen-bond acceptors (Lipinski definition) is 12. The number of ether oxygens (including phenoxy) is 4. The molecule has 4 aliphatic heterocycles. The zero-order valence-corrected chi connectivity index (χ0v) is 39.7. The highest BCUT2D eigenvalue weighted by atomic mass is 16.5. The first-order valence-electron chi connectivity index (χ1n) is 24.0. The van der Waals surface area contributed by atoms with Crippen LogP contribution in [0.3, 0.4) is 0 Å². The summed E-state index contributed by atoms with van der Waals surface area (Å²) in [7, 11) is 2.55. The Hall–Kier alpha value is -5.82. The normalized spacial score (nSPS) is 28.2. The van der Waals surface area contributed by atoms with E-state index in [4.69, 9.17) is 28.9 Å². The first-order chi connectivity index (χ1) is 32.8. The second-order valence-electron chi connectivity index (χ2n) is 19.1. The molecule has 6 N–H and O–H groups in total. The van der Waals surface area contributed by atoms with E-state index in [9.17, 15) is 29.4 Å². The molecule has 4 aliphatic rings. The molecular weight excluding hydrogens is 873 g/mol. The van der Waals surface area contributed by atoms with Gasteiger partial charge in [0.1, 0.15) is 23.7 Å². The van der Waals surface area contributed by atoms with E-state index in [2.05, 4.69) is 20.6 Å². The summed E-state index contributed by atoms with van der Waals surface area (Å²) in [5.74, 6) is 0.311. The third-order valence-electron chi connectivity index (χ3n) is 14.3. The molecule has 18 heteroatoms. The number of likely N-dealkylation sites (tertiary alicyclic amines) is 2. The number of nitrogens with one attached hydrogen (secondary N) is 4. The Bertz CT molecular complexity index is 2190. The number of nitrogens with zero attached hydrogens (tertiary/aromatic N) is 4. The number of aliphatic hydroxyl groups excluding tert-OH is 2. The average molecular weight is 939 g/mol. The molecule has 2 aromatic heterocycles. The highest BCUT2D eigenvalue weighted by molar-refractivity contribution is 5.88. The van der Waals surface area contributed by atoms with Crippen LogP contribution >= 0.6 is 0 Å². The quantitative estimate of drug-likeness (QED) is 0.0901. The van der Waals surface area contributed by atoms with E-state index in [1.54, 1.807) is 22.2 Å². The Morgan fingerprint density at radius 1 is 0.603 bits per heavy atom. The van der Waals surface area contributed by atoms with E-state index in [1.807, 2.05) is 76.2 Å². The molecule has 4 fully saturated rings. The average Bonchev–Trinajstić information content (AvgIpc) is 4.18. The van der Waals surface area contributed by atoms with Gasteiger partial charge in [-0.25, -0.2) is 19.6 Å². The summed E-state index contributed by atoms with van der Waals surface area (Å²) < 4.78 is 21.7. The fourth-order valence-corrected chi connectivity index (χ4v) is 11.2. The summed E-state index contributed by atoms with van der Waals surface area (Å²) in [4.78, 5) is 73.8. The second kappa shape index (κ2) is 21.2. The molecule has 0 saturated carbocycles. The van der Waals surface area contributed by atoms with E-state index in [-0.39, 0.29) is 61.3 Å². The number of aromatic nitrogens is 4. The lowest BCUT2D eigenvalue weighted by Crippen LogP contribution is -2.56. The van der Waals surface area contributed by atoms with Crippen LogP contribution < -0.4 is 10.6 Å². The third-order valence-corrected chi connectivity index (χ3v) is 14.3. The van der Waals surface area contributed by atoms with Crippen LogP contribution in [-0.4, -0.2) is 140 Å². The lowest BCUT2D eigenvalue weighted by atomic mass is 9.85. The highest BCUT2D eigenvalue weighted by Crippen LogP contribution is 2.40. The van der Waals surface area contributed by atoms with Crippen LogP contribution in [-0.2, 0) is 28.5 Å². The number of amides is 4. The molecule has 0 aliphatic carbocycles. The third kappa shape index (κ3) is 10.4. The predicted octanol–water partition coefficient (Wildman–Crippen LogP) is 6.04. The minimum absolute atomic E-state index is 0.0801. The van der Waals surface area contributed by atoms with Gasteiger partial charge >= 0.3 is 12.2 Å². The number of benzene rings is 2. The van der Waals surface area contributed by atoms with Gasteiger partial charge in [0.05, 0.1) is 99.8 Å². The molecule has 0 bridgehead atoms. The molecule has 4 saturated heterocycles. The van der Waals surface area contributed by atoms with Gasteiger partial charge in [-0.15, -0.1) is 0 Å². The number of carbonyl (C=O) groups excluding carboxylic acids is 4. The van der Waals surface area contributed by atoms with Crippen LogP contribution in [0.15, 0.2) is 60.9 Å². The number of imidazole rings is 2. The van der Waals surface area contributed by atoms with Crippen LogP contribution in [0.5, 0.6) is 0 Å². The topological polar surface area (TPSA) is 234 Å².